The molecule has 2 heterocycles. The zero-order valence-corrected chi connectivity index (χ0v) is 22.6. The van der Waals surface area contributed by atoms with Gasteiger partial charge in [-0.2, -0.15) is 9.97 Å². The van der Waals surface area contributed by atoms with Crippen LogP contribution in [0.3, 0.4) is 0 Å². The first-order valence-electron chi connectivity index (χ1n) is 11.4. The van der Waals surface area contributed by atoms with Gasteiger partial charge in [-0.1, -0.05) is 30.0 Å². The summed E-state index contributed by atoms with van der Waals surface area (Å²) in [6, 6.07) is 13.8. The first-order chi connectivity index (χ1) is 18.7. The maximum atomic E-state index is 12.9. The Morgan fingerprint density at radius 2 is 1.82 bits per heavy atom. The zero-order valence-electron chi connectivity index (χ0n) is 20.9. The molecule has 2 aromatic carbocycles. The van der Waals surface area contributed by atoms with Gasteiger partial charge in [-0.05, 0) is 36.4 Å². The number of nitrogens with zero attached hydrogens (tertiary/aromatic N) is 4. The topological polar surface area (TPSA) is 154 Å². The third-order valence-corrected chi connectivity index (χ3v) is 7.58. The number of sulfonamides is 1. The average molecular weight is 569 g/mol. The van der Waals surface area contributed by atoms with E-state index < -0.39 is 10.0 Å². The number of rotatable bonds is 11. The van der Waals surface area contributed by atoms with Gasteiger partial charge >= 0.3 is 6.01 Å². The molecule has 0 spiro atoms. The minimum atomic E-state index is -4.00. The van der Waals surface area contributed by atoms with Crippen LogP contribution >= 0.6 is 11.8 Å². The van der Waals surface area contributed by atoms with Crippen molar-refractivity contribution < 1.29 is 22.7 Å². The van der Waals surface area contributed by atoms with E-state index in [1.165, 1.54) is 49.1 Å². The van der Waals surface area contributed by atoms with E-state index in [4.69, 9.17) is 9.47 Å². The van der Waals surface area contributed by atoms with E-state index in [1.807, 2.05) is 0 Å². The molecule has 0 saturated carbocycles. The predicted molar refractivity (Wildman–Crippen MR) is 148 cm³/mol. The van der Waals surface area contributed by atoms with Gasteiger partial charge in [0.2, 0.25) is 11.8 Å². The van der Waals surface area contributed by atoms with Crippen molar-refractivity contribution in [1.29, 1.82) is 0 Å². The van der Waals surface area contributed by atoms with E-state index in [0.717, 1.165) is 11.8 Å². The lowest BCUT2D eigenvalue weighted by atomic mass is 10.2. The summed E-state index contributed by atoms with van der Waals surface area (Å²) in [5.74, 6) is -0.302. The summed E-state index contributed by atoms with van der Waals surface area (Å²) in [4.78, 5) is 37.8. The van der Waals surface area contributed by atoms with Crippen LogP contribution in [0, 0.1) is 0 Å². The number of nitrogens with one attached hydrogen (secondary N) is 2. The summed E-state index contributed by atoms with van der Waals surface area (Å²) in [5.41, 5.74) is 0.711. The Balaban J connectivity index is 1.43. The number of allylic oxidation sites excluding steroid dienone is 1. The van der Waals surface area contributed by atoms with Crippen molar-refractivity contribution in [3.8, 4) is 11.9 Å². The molecule has 4 aromatic rings. The first-order valence-corrected chi connectivity index (χ1v) is 13.8. The molecule has 0 bridgehead atoms. The number of anilines is 2. The van der Waals surface area contributed by atoms with Crippen LogP contribution in [0.4, 0.5) is 11.5 Å². The fraction of sp³-hybridized carbons (Fsp3) is 0.160. The number of amides is 1. The number of thioether (sulfide) groups is 1. The number of fused-ring (bicyclic) bond motifs is 1. The monoisotopic (exact) mass is 568 g/mol. The lowest BCUT2D eigenvalue weighted by molar-refractivity contribution is -0.113. The smallest absolute Gasteiger partial charge is 0.321 e. The molecule has 4 rings (SSSR count). The molecule has 12 nitrogen and oxygen atoms in total. The van der Waals surface area contributed by atoms with E-state index in [2.05, 4.69) is 31.6 Å². The second kappa shape index (κ2) is 12.0. The summed E-state index contributed by atoms with van der Waals surface area (Å²) in [6.45, 7) is 3.94. The van der Waals surface area contributed by atoms with E-state index in [0.29, 0.717) is 21.7 Å². The molecule has 0 aliphatic carbocycles. The molecule has 0 aliphatic heterocycles. The van der Waals surface area contributed by atoms with Crippen molar-refractivity contribution in [2.75, 3.05) is 30.0 Å². The standard InChI is InChI=1S/C25H24N6O6S2/c1-4-13-31-23(33)18-7-5-6-8-19(18)27-25(31)38-15-21(32)26-16-9-11-17(12-10-16)39(34,35)30-20-14-22(36-2)29-24(28-20)37-3/h4-12,14H,1,13,15H2,2-3H3,(H,26,32)(H,28,29,30). The Labute approximate surface area is 228 Å². The van der Waals surface area contributed by atoms with Gasteiger partial charge in [-0.25, -0.2) is 13.4 Å². The number of hydrogen-bond donors (Lipinski definition) is 2. The van der Waals surface area contributed by atoms with Gasteiger partial charge < -0.3 is 14.8 Å². The van der Waals surface area contributed by atoms with Gasteiger partial charge in [0.05, 0.1) is 35.8 Å². The predicted octanol–water partition coefficient (Wildman–Crippen LogP) is 2.92. The van der Waals surface area contributed by atoms with Crippen LogP contribution in [0.1, 0.15) is 0 Å². The normalized spacial score (nSPS) is 11.1. The number of benzene rings is 2. The third-order valence-electron chi connectivity index (χ3n) is 5.23. The highest BCUT2D eigenvalue weighted by atomic mass is 32.2. The number of aromatic nitrogens is 4. The Bertz CT molecular complexity index is 1670. The molecule has 0 saturated heterocycles. The van der Waals surface area contributed by atoms with Gasteiger partial charge in [-0.15, -0.1) is 6.58 Å². The summed E-state index contributed by atoms with van der Waals surface area (Å²) in [6.07, 6.45) is 1.59. The van der Waals surface area contributed by atoms with Crippen molar-refractivity contribution in [2.45, 2.75) is 16.6 Å². The number of methoxy groups -OCH3 is 2. The molecule has 39 heavy (non-hydrogen) atoms. The molecule has 0 fully saturated rings. The Morgan fingerprint density at radius 1 is 1.08 bits per heavy atom. The van der Waals surface area contributed by atoms with Crippen molar-refractivity contribution >= 4 is 50.1 Å². The summed E-state index contributed by atoms with van der Waals surface area (Å²) in [5, 5.41) is 3.58. The van der Waals surface area contributed by atoms with E-state index >= 15 is 0 Å². The van der Waals surface area contributed by atoms with Crippen LogP contribution in [-0.2, 0) is 21.4 Å². The quantitative estimate of drug-likeness (QED) is 0.157. The number of hydrogen-bond acceptors (Lipinski definition) is 10. The van der Waals surface area contributed by atoms with Crippen LogP contribution in [0.25, 0.3) is 10.9 Å². The summed E-state index contributed by atoms with van der Waals surface area (Å²) < 4.78 is 39.4. The van der Waals surface area contributed by atoms with E-state index in [9.17, 15) is 18.0 Å². The Kier molecular flexibility index (Phi) is 8.46. The van der Waals surface area contributed by atoms with Crippen molar-refractivity contribution in [3.63, 3.8) is 0 Å². The molecule has 0 aliphatic rings. The third kappa shape index (κ3) is 6.53. The molecule has 1 amide bonds. The number of ether oxygens (including phenoxy) is 2. The molecule has 0 radical (unpaired) electrons. The number of carbonyl (C=O) groups excluding carboxylic acids is 1. The molecular formula is C25H24N6O6S2. The Hall–Kier alpha value is -4.43. The molecule has 2 N–H and O–H groups in total. The summed E-state index contributed by atoms with van der Waals surface area (Å²) >= 11 is 1.11. The largest absolute Gasteiger partial charge is 0.481 e. The van der Waals surface area contributed by atoms with Crippen molar-refractivity contribution in [3.05, 3.63) is 77.6 Å². The molecule has 202 valence electrons. The highest BCUT2D eigenvalue weighted by Crippen LogP contribution is 2.22. The van der Waals surface area contributed by atoms with Crippen LogP contribution in [0.15, 0.2) is 82.1 Å². The molecule has 0 atom stereocenters. The van der Waals surface area contributed by atoms with Gasteiger partial charge in [0.1, 0.15) is 0 Å². The van der Waals surface area contributed by atoms with Crippen LogP contribution in [0.2, 0.25) is 0 Å². The van der Waals surface area contributed by atoms with E-state index in [-0.39, 0.29) is 46.4 Å². The average Bonchev–Trinajstić information content (AvgIpc) is 2.93. The summed E-state index contributed by atoms with van der Waals surface area (Å²) in [7, 11) is -1.28. The number of carbonyl (C=O) groups is 1. The fourth-order valence-electron chi connectivity index (χ4n) is 3.44. The second-order valence-electron chi connectivity index (χ2n) is 7.86. The van der Waals surface area contributed by atoms with Gasteiger partial charge in [0.25, 0.3) is 15.6 Å². The van der Waals surface area contributed by atoms with Gasteiger partial charge in [-0.3, -0.25) is 18.9 Å². The number of para-hydroxylation sites is 1. The minimum absolute atomic E-state index is 0.0269. The lowest BCUT2D eigenvalue weighted by Crippen LogP contribution is -2.23. The van der Waals surface area contributed by atoms with Gasteiger partial charge in [0, 0.05) is 18.3 Å². The first kappa shape index (κ1) is 27.6. The highest BCUT2D eigenvalue weighted by Gasteiger charge is 2.18. The SMILES string of the molecule is C=CCn1c(SCC(=O)Nc2ccc(S(=O)(=O)Nc3cc(OC)nc(OC)n3)cc2)nc2ccccc2c1=O. The van der Waals surface area contributed by atoms with Crippen molar-refractivity contribution in [1.82, 2.24) is 19.5 Å². The molecule has 0 unspecified atom stereocenters. The lowest BCUT2D eigenvalue weighted by Gasteiger charge is -2.12. The molecular weight excluding hydrogens is 544 g/mol. The maximum absolute atomic E-state index is 12.9. The van der Waals surface area contributed by atoms with Crippen molar-refractivity contribution in [2.24, 2.45) is 0 Å². The van der Waals surface area contributed by atoms with Crippen LogP contribution < -0.4 is 25.1 Å². The van der Waals surface area contributed by atoms with Gasteiger partial charge in [0.15, 0.2) is 11.0 Å². The molecule has 14 heteroatoms. The van der Waals surface area contributed by atoms with Crippen LogP contribution in [0.5, 0.6) is 11.9 Å². The Morgan fingerprint density at radius 3 is 2.51 bits per heavy atom. The zero-order chi connectivity index (χ0) is 28.0. The minimum Gasteiger partial charge on any atom is -0.481 e. The maximum Gasteiger partial charge on any atom is 0.321 e. The fourth-order valence-corrected chi connectivity index (χ4v) is 5.24. The second-order valence-corrected chi connectivity index (χ2v) is 10.5. The van der Waals surface area contributed by atoms with Crippen LogP contribution in [-0.4, -0.2) is 53.8 Å². The highest BCUT2D eigenvalue weighted by molar-refractivity contribution is 7.99. The molecule has 2 aromatic heterocycles. The van der Waals surface area contributed by atoms with E-state index in [1.54, 1.807) is 30.3 Å².